The van der Waals surface area contributed by atoms with E-state index in [1.165, 1.54) is 0 Å². The van der Waals surface area contributed by atoms with Crippen LogP contribution < -0.4 is 0 Å². The Morgan fingerprint density at radius 2 is 1.87 bits per heavy atom. The van der Waals surface area contributed by atoms with E-state index in [1.54, 1.807) is 9.80 Å². The lowest BCUT2D eigenvalue weighted by Crippen LogP contribution is -2.67. The molecule has 1 N–H and O–H groups in total. The number of aromatic amines is 1. The van der Waals surface area contributed by atoms with Crippen LogP contribution in [0.25, 0.3) is 10.9 Å². The van der Waals surface area contributed by atoms with Gasteiger partial charge in [-0.2, -0.15) is 0 Å². The number of fused-ring (bicyclic) bond motifs is 5. The maximum Gasteiger partial charge on any atom is 0.254 e. The summed E-state index contributed by atoms with van der Waals surface area (Å²) < 4.78 is 1.02. The fraction of sp³-hybridized carbons (Fsp3) is 0.333. The number of rotatable bonds is 3. The molecule has 0 spiro atoms. The molecule has 0 bridgehead atoms. The Morgan fingerprint density at radius 3 is 2.60 bits per heavy atom. The molecule has 0 saturated carbocycles. The van der Waals surface area contributed by atoms with Crippen molar-refractivity contribution in [3.05, 3.63) is 69.8 Å². The topological polar surface area (TPSA) is 56.4 Å². The van der Waals surface area contributed by atoms with Crippen LogP contribution in [-0.2, 0) is 15.1 Å². The van der Waals surface area contributed by atoms with Crippen LogP contribution in [0.3, 0.4) is 0 Å². The molecule has 154 valence electrons. The minimum atomic E-state index is -1.01. The molecule has 1 saturated heterocycles. The molecule has 5 rings (SSSR count). The Kier molecular flexibility index (Phi) is 4.51. The van der Waals surface area contributed by atoms with Crippen molar-refractivity contribution >= 4 is 38.6 Å². The molecular formula is C24H24BrN3O2. The second kappa shape index (κ2) is 6.98. The summed E-state index contributed by atoms with van der Waals surface area (Å²) in [6.07, 6.45) is 0.830. The number of amides is 2. The summed E-state index contributed by atoms with van der Waals surface area (Å²) in [5.74, 6) is 0.0229. The van der Waals surface area contributed by atoms with Crippen molar-refractivity contribution in [2.75, 3.05) is 19.6 Å². The SMILES string of the molecule is CCCN1CC(=O)N2C[C@H](c3ccc(Br)cc3)c3c([nH]c4ccccc34)[C@@]2(C)C1=O. The maximum absolute atomic E-state index is 13.7. The summed E-state index contributed by atoms with van der Waals surface area (Å²) in [5, 5.41) is 1.12. The van der Waals surface area contributed by atoms with Crippen LogP contribution in [0.5, 0.6) is 0 Å². The van der Waals surface area contributed by atoms with Crippen LogP contribution in [0.1, 0.15) is 43.0 Å². The third-order valence-electron chi connectivity index (χ3n) is 6.58. The number of para-hydroxylation sites is 1. The molecule has 1 fully saturated rings. The fourth-order valence-electron chi connectivity index (χ4n) is 5.12. The second-order valence-corrected chi connectivity index (χ2v) is 9.28. The van der Waals surface area contributed by atoms with E-state index in [0.29, 0.717) is 13.1 Å². The smallest absolute Gasteiger partial charge is 0.254 e. The van der Waals surface area contributed by atoms with Gasteiger partial charge >= 0.3 is 0 Å². The highest BCUT2D eigenvalue weighted by atomic mass is 79.9. The number of aromatic nitrogens is 1. The van der Waals surface area contributed by atoms with Gasteiger partial charge in [0.1, 0.15) is 0 Å². The largest absolute Gasteiger partial charge is 0.356 e. The van der Waals surface area contributed by atoms with Crippen molar-refractivity contribution in [2.24, 2.45) is 0 Å². The monoisotopic (exact) mass is 465 g/mol. The van der Waals surface area contributed by atoms with Crippen molar-refractivity contribution < 1.29 is 9.59 Å². The minimum absolute atomic E-state index is 0.00557. The van der Waals surface area contributed by atoms with Gasteiger partial charge in [0.05, 0.1) is 12.2 Å². The number of H-pyrrole nitrogens is 1. The number of hydrogen-bond donors (Lipinski definition) is 1. The first-order valence-electron chi connectivity index (χ1n) is 10.4. The number of halogens is 1. The molecule has 2 aliphatic heterocycles. The Labute approximate surface area is 184 Å². The molecule has 0 unspecified atom stereocenters. The lowest BCUT2D eigenvalue weighted by Gasteiger charge is -2.51. The van der Waals surface area contributed by atoms with Crippen LogP contribution in [0.4, 0.5) is 0 Å². The number of nitrogens with zero attached hydrogens (tertiary/aromatic N) is 2. The Morgan fingerprint density at radius 1 is 1.13 bits per heavy atom. The Hall–Kier alpha value is -2.60. The van der Waals surface area contributed by atoms with Crippen molar-refractivity contribution in [3.63, 3.8) is 0 Å². The Bertz CT molecular complexity index is 1150. The van der Waals surface area contributed by atoms with Gasteiger partial charge in [-0.05, 0) is 42.7 Å². The van der Waals surface area contributed by atoms with Crippen molar-refractivity contribution in [3.8, 4) is 0 Å². The lowest BCUT2D eigenvalue weighted by atomic mass is 9.76. The number of hydrogen-bond acceptors (Lipinski definition) is 2. The summed E-state index contributed by atoms with van der Waals surface area (Å²) in [4.78, 5) is 33.9. The van der Waals surface area contributed by atoms with Crippen LogP contribution in [-0.4, -0.2) is 46.2 Å². The van der Waals surface area contributed by atoms with Gasteiger partial charge in [-0.25, -0.2) is 0 Å². The van der Waals surface area contributed by atoms with Crippen LogP contribution in [0.2, 0.25) is 0 Å². The zero-order chi connectivity index (χ0) is 21.0. The van der Waals surface area contributed by atoms with E-state index >= 15 is 0 Å². The van der Waals surface area contributed by atoms with E-state index in [4.69, 9.17) is 0 Å². The third kappa shape index (κ3) is 2.66. The van der Waals surface area contributed by atoms with E-state index in [2.05, 4.69) is 39.1 Å². The molecule has 1 aromatic heterocycles. The first-order valence-corrected chi connectivity index (χ1v) is 11.2. The molecule has 2 aliphatic rings. The van der Waals surface area contributed by atoms with Crippen molar-refractivity contribution in [1.82, 2.24) is 14.8 Å². The lowest BCUT2D eigenvalue weighted by molar-refractivity contribution is -0.166. The highest BCUT2D eigenvalue weighted by Crippen LogP contribution is 2.48. The molecule has 3 heterocycles. The van der Waals surface area contributed by atoms with Crippen molar-refractivity contribution in [2.45, 2.75) is 31.7 Å². The summed E-state index contributed by atoms with van der Waals surface area (Å²) in [5.41, 5.74) is 3.11. The minimum Gasteiger partial charge on any atom is -0.356 e. The summed E-state index contributed by atoms with van der Waals surface area (Å²) in [6, 6.07) is 16.4. The molecule has 0 radical (unpaired) electrons. The van der Waals surface area contributed by atoms with Crippen molar-refractivity contribution in [1.29, 1.82) is 0 Å². The first kappa shape index (κ1) is 19.4. The molecule has 6 heteroatoms. The number of piperazine rings is 1. The summed E-state index contributed by atoms with van der Waals surface area (Å²) >= 11 is 3.52. The predicted molar refractivity (Wildman–Crippen MR) is 120 cm³/mol. The van der Waals surface area contributed by atoms with Gasteiger partial charge < -0.3 is 14.8 Å². The molecule has 2 atom stereocenters. The second-order valence-electron chi connectivity index (χ2n) is 8.37. The molecule has 2 amide bonds. The summed E-state index contributed by atoms with van der Waals surface area (Å²) in [6.45, 7) is 5.19. The van der Waals surface area contributed by atoms with E-state index in [1.807, 2.05) is 44.2 Å². The molecular weight excluding hydrogens is 442 g/mol. The van der Waals surface area contributed by atoms with Gasteiger partial charge in [0, 0.05) is 34.4 Å². The first-order chi connectivity index (χ1) is 14.4. The van der Waals surface area contributed by atoms with Crippen LogP contribution in [0.15, 0.2) is 53.0 Å². The number of nitrogens with one attached hydrogen (secondary N) is 1. The zero-order valence-electron chi connectivity index (χ0n) is 17.1. The number of carbonyl (C=O) groups is 2. The standard InChI is InChI=1S/C24H24BrN3O2/c1-3-12-27-14-20(29)28-13-18(15-8-10-16(25)11-9-15)21-17-6-4-5-7-19(17)26-22(21)24(28,2)23(27)30/h4-11,18,26H,3,12-14H2,1-2H3/t18-,24+/m1/s1. The molecule has 2 aromatic carbocycles. The average molecular weight is 466 g/mol. The Balaban J connectivity index is 1.76. The van der Waals surface area contributed by atoms with Crippen LogP contribution >= 0.6 is 15.9 Å². The van der Waals surface area contributed by atoms with E-state index in [-0.39, 0.29) is 24.3 Å². The van der Waals surface area contributed by atoms with Gasteiger partial charge in [0.2, 0.25) is 5.91 Å². The zero-order valence-corrected chi connectivity index (χ0v) is 18.7. The van der Waals surface area contributed by atoms with Crippen LogP contribution in [0, 0.1) is 0 Å². The molecule has 0 aliphatic carbocycles. The predicted octanol–water partition coefficient (Wildman–Crippen LogP) is 4.37. The van der Waals surface area contributed by atoms with Gasteiger partial charge in [-0.15, -0.1) is 0 Å². The average Bonchev–Trinajstić information content (AvgIpc) is 3.14. The molecule has 30 heavy (non-hydrogen) atoms. The molecule has 3 aromatic rings. The van der Waals surface area contributed by atoms with Gasteiger partial charge in [-0.3, -0.25) is 9.59 Å². The highest BCUT2D eigenvalue weighted by Gasteiger charge is 2.55. The van der Waals surface area contributed by atoms with Gasteiger partial charge in [0.15, 0.2) is 5.54 Å². The number of carbonyl (C=O) groups excluding carboxylic acids is 2. The maximum atomic E-state index is 13.7. The van der Waals surface area contributed by atoms with Gasteiger partial charge in [0.25, 0.3) is 5.91 Å². The molecule has 5 nitrogen and oxygen atoms in total. The quantitative estimate of drug-likeness (QED) is 0.623. The number of benzene rings is 2. The van der Waals surface area contributed by atoms with E-state index in [0.717, 1.165) is 38.6 Å². The normalized spacial score (nSPS) is 23.6. The van der Waals surface area contributed by atoms with Gasteiger partial charge in [-0.1, -0.05) is 53.2 Å². The summed E-state index contributed by atoms with van der Waals surface area (Å²) in [7, 11) is 0. The van der Waals surface area contributed by atoms with E-state index in [9.17, 15) is 9.59 Å². The fourth-order valence-corrected chi connectivity index (χ4v) is 5.38. The van der Waals surface area contributed by atoms with E-state index < -0.39 is 5.54 Å². The highest BCUT2D eigenvalue weighted by molar-refractivity contribution is 9.10. The third-order valence-corrected chi connectivity index (χ3v) is 7.11.